The van der Waals surface area contributed by atoms with Crippen molar-refractivity contribution in [3.63, 3.8) is 0 Å². The van der Waals surface area contributed by atoms with Crippen molar-refractivity contribution in [2.75, 3.05) is 12.3 Å². The molecule has 0 bridgehead atoms. The van der Waals surface area contributed by atoms with Gasteiger partial charge in [-0.1, -0.05) is 58.9 Å². The summed E-state index contributed by atoms with van der Waals surface area (Å²) >= 11 is 0. The van der Waals surface area contributed by atoms with Crippen LogP contribution in [0.1, 0.15) is 84.1 Å². The van der Waals surface area contributed by atoms with Crippen LogP contribution >= 0.6 is 0 Å². The highest BCUT2D eigenvalue weighted by Crippen LogP contribution is 2.38. The molecule has 0 radical (unpaired) electrons. The van der Waals surface area contributed by atoms with Crippen molar-refractivity contribution in [3.8, 4) is 0 Å². The SMILES string of the molecule is C/C(=C(/CC(C)C)c1ccccc1N)[C@H](NCC(C)(C)C)c1c(C)cc(CCC(=O)O)cc1F.[HH]. The Labute approximate surface area is 205 Å². The van der Waals surface area contributed by atoms with Crippen LogP contribution in [0, 0.1) is 24.1 Å². The largest absolute Gasteiger partial charge is 0.481 e. The number of para-hydroxylation sites is 1. The van der Waals surface area contributed by atoms with E-state index in [2.05, 4.69) is 46.9 Å². The molecule has 188 valence electrons. The van der Waals surface area contributed by atoms with Crippen LogP contribution in [0.15, 0.2) is 42.0 Å². The number of hydrogen-bond donors (Lipinski definition) is 3. The zero-order chi connectivity index (χ0) is 25.6. The summed E-state index contributed by atoms with van der Waals surface area (Å²) in [7, 11) is 0. The number of benzene rings is 2. The van der Waals surface area contributed by atoms with Crippen molar-refractivity contribution >= 4 is 17.2 Å². The zero-order valence-electron chi connectivity index (χ0n) is 21.8. The number of rotatable bonds is 10. The lowest BCUT2D eigenvalue weighted by molar-refractivity contribution is -0.136. The average molecular weight is 471 g/mol. The molecular formula is C29H43FN2O2. The molecule has 1 atom stereocenters. The summed E-state index contributed by atoms with van der Waals surface area (Å²) in [4.78, 5) is 11.0. The summed E-state index contributed by atoms with van der Waals surface area (Å²) in [5.41, 5.74) is 12.4. The van der Waals surface area contributed by atoms with Gasteiger partial charge in [-0.05, 0) is 72.4 Å². The lowest BCUT2D eigenvalue weighted by Gasteiger charge is -2.30. The van der Waals surface area contributed by atoms with Crippen LogP contribution in [-0.2, 0) is 11.2 Å². The van der Waals surface area contributed by atoms with Gasteiger partial charge in [0.25, 0.3) is 0 Å². The van der Waals surface area contributed by atoms with E-state index in [1.807, 2.05) is 37.3 Å². The Kier molecular flexibility index (Phi) is 9.45. The molecule has 0 spiro atoms. The van der Waals surface area contributed by atoms with E-state index in [9.17, 15) is 4.79 Å². The van der Waals surface area contributed by atoms with Crippen LogP contribution in [0.5, 0.6) is 0 Å². The maximum absolute atomic E-state index is 15.6. The summed E-state index contributed by atoms with van der Waals surface area (Å²) in [5, 5.41) is 12.7. The number of allylic oxidation sites excluding steroid dienone is 1. The van der Waals surface area contributed by atoms with E-state index >= 15 is 4.39 Å². The van der Waals surface area contributed by atoms with E-state index < -0.39 is 5.97 Å². The number of carboxylic acid groups (broad SMARTS) is 1. The molecule has 5 heteroatoms. The number of anilines is 1. The Morgan fingerprint density at radius 3 is 2.38 bits per heavy atom. The molecule has 0 fully saturated rings. The number of halogens is 1. The van der Waals surface area contributed by atoms with Gasteiger partial charge in [0, 0.05) is 31.2 Å². The van der Waals surface area contributed by atoms with E-state index in [-0.39, 0.29) is 25.1 Å². The predicted molar refractivity (Wildman–Crippen MR) is 142 cm³/mol. The molecule has 0 saturated heterocycles. The van der Waals surface area contributed by atoms with E-state index in [1.165, 1.54) is 6.07 Å². The highest BCUT2D eigenvalue weighted by Gasteiger charge is 2.26. The third-order valence-electron chi connectivity index (χ3n) is 5.96. The number of aliphatic carboxylic acids is 1. The number of carboxylic acids is 1. The number of hydrogen-bond acceptors (Lipinski definition) is 3. The van der Waals surface area contributed by atoms with Crippen molar-refractivity contribution < 1.29 is 15.7 Å². The van der Waals surface area contributed by atoms with Crippen LogP contribution < -0.4 is 11.1 Å². The summed E-state index contributed by atoms with van der Waals surface area (Å²) in [5.74, 6) is -0.794. The van der Waals surface area contributed by atoms with Gasteiger partial charge in [-0.15, -0.1) is 0 Å². The first-order chi connectivity index (χ1) is 15.8. The first-order valence-corrected chi connectivity index (χ1v) is 12.1. The molecule has 4 N–H and O–H groups in total. The van der Waals surface area contributed by atoms with Crippen molar-refractivity contribution in [1.82, 2.24) is 5.32 Å². The Morgan fingerprint density at radius 1 is 1.21 bits per heavy atom. The van der Waals surface area contributed by atoms with Gasteiger partial charge in [-0.3, -0.25) is 4.79 Å². The Balaban J connectivity index is 0.00000612. The van der Waals surface area contributed by atoms with Crippen molar-refractivity contribution in [3.05, 3.63) is 70.0 Å². The number of nitrogens with two attached hydrogens (primary N) is 1. The Morgan fingerprint density at radius 2 is 1.85 bits per heavy atom. The molecule has 0 aliphatic rings. The number of nitrogen functional groups attached to an aromatic ring is 1. The summed E-state index contributed by atoms with van der Waals surface area (Å²) in [6, 6.07) is 10.9. The maximum atomic E-state index is 15.6. The second-order valence-corrected chi connectivity index (χ2v) is 10.9. The van der Waals surface area contributed by atoms with Crippen molar-refractivity contribution in [1.29, 1.82) is 0 Å². The van der Waals surface area contributed by atoms with E-state index in [0.29, 0.717) is 35.7 Å². The minimum absolute atomic E-state index is 0. The number of nitrogens with one attached hydrogen (secondary N) is 1. The summed E-state index contributed by atoms with van der Waals surface area (Å²) in [6.45, 7) is 15.5. The second-order valence-electron chi connectivity index (χ2n) is 10.9. The van der Waals surface area contributed by atoms with Gasteiger partial charge < -0.3 is 16.2 Å². The molecule has 0 amide bonds. The monoisotopic (exact) mass is 470 g/mol. The van der Waals surface area contributed by atoms with Crippen LogP contribution in [0.25, 0.3) is 5.57 Å². The van der Waals surface area contributed by atoms with Gasteiger partial charge >= 0.3 is 5.97 Å². The lowest BCUT2D eigenvalue weighted by atomic mass is 9.84. The molecule has 0 aliphatic heterocycles. The normalized spacial score (nSPS) is 13.7. The molecule has 34 heavy (non-hydrogen) atoms. The third kappa shape index (κ3) is 7.69. The molecule has 2 aromatic carbocycles. The highest BCUT2D eigenvalue weighted by atomic mass is 19.1. The number of aryl methyl sites for hydroxylation is 2. The molecule has 0 saturated carbocycles. The average Bonchev–Trinajstić information content (AvgIpc) is 2.71. The zero-order valence-corrected chi connectivity index (χ0v) is 21.8. The van der Waals surface area contributed by atoms with Gasteiger partial charge in [0.05, 0.1) is 6.04 Å². The molecule has 0 unspecified atom stereocenters. The lowest BCUT2D eigenvalue weighted by Crippen LogP contribution is -2.32. The van der Waals surface area contributed by atoms with Gasteiger partial charge in [-0.2, -0.15) is 0 Å². The van der Waals surface area contributed by atoms with Crippen LogP contribution in [-0.4, -0.2) is 17.6 Å². The molecular weight excluding hydrogens is 427 g/mol. The third-order valence-corrected chi connectivity index (χ3v) is 5.96. The van der Waals surface area contributed by atoms with Gasteiger partial charge in [0.15, 0.2) is 0 Å². The van der Waals surface area contributed by atoms with Gasteiger partial charge in [0.1, 0.15) is 5.82 Å². The predicted octanol–water partition coefficient (Wildman–Crippen LogP) is 7.18. The quantitative estimate of drug-likeness (QED) is 0.322. The molecule has 2 aromatic rings. The Hall–Kier alpha value is -2.66. The van der Waals surface area contributed by atoms with Gasteiger partial charge in [-0.25, -0.2) is 4.39 Å². The smallest absolute Gasteiger partial charge is 0.303 e. The molecule has 2 rings (SSSR count). The summed E-state index contributed by atoms with van der Waals surface area (Å²) in [6.07, 6.45) is 1.11. The fourth-order valence-electron chi connectivity index (χ4n) is 4.31. The van der Waals surface area contributed by atoms with Crippen LogP contribution in [0.2, 0.25) is 0 Å². The molecule has 0 heterocycles. The maximum Gasteiger partial charge on any atom is 0.303 e. The highest BCUT2D eigenvalue weighted by molar-refractivity contribution is 5.78. The molecule has 0 aliphatic carbocycles. The van der Waals surface area contributed by atoms with Gasteiger partial charge in [0.2, 0.25) is 0 Å². The van der Waals surface area contributed by atoms with Crippen LogP contribution in [0.4, 0.5) is 10.1 Å². The Bertz CT molecular complexity index is 1020. The topological polar surface area (TPSA) is 75.3 Å². The first-order valence-electron chi connectivity index (χ1n) is 12.1. The van der Waals surface area contributed by atoms with E-state index in [4.69, 9.17) is 10.8 Å². The van der Waals surface area contributed by atoms with E-state index in [1.54, 1.807) is 0 Å². The summed E-state index contributed by atoms with van der Waals surface area (Å²) < 4.78 is 15.6. The fourth-order valence-corrected chi connectivity index (χ4v) is 4.31. The second kappa shape index (κ2) is 11.7. The van der Waals surface area contributed by atoms with E-state index in [0.717, 1.165) is 28.7 Å². The minimum atomic E-state index is -0.885. The van der Waals surface area contributed by atoms with Crippen molar-refractivity contribution in [2.24, 2.45) is 11.3 Å². The first kappa shape index (κ1) is 27.6. The number of carbonyl (C=O) groups is 1. The minimum Gasteiger partial charge on any atom is -0.481 e. The van der Waals surface area contributed by atoms with Crippen molar-refractivity contribution in [2.45, 2.75) is 73.8 Å². The van der Waals surface area contributed by atoms with Crippen LogP contribution in [0.3, 0.4) is 0 Å². The molecule has 0 aromatic heterocycles. The fraction of sp³-hybridized carbons (Fsp3) is 0.483. The molecule has 4 nitrogen and oxygen atoms in total. The standard InChI is InChI=1S/C29H41FN2O2.H2/c1-18(2)14-23(22-10-8-9-11-25(22)31)20(4)28(32-17-29(5,6)7)27-19(3)15-21(16-24(27)30)12-13-26(33)34;/h8-11,15-16,18,28,32H,12-14,17,31H2,1-7H3,(H,33,34);1H/b23-20+;/t28-;/m0./s1.